The number of rotatable bonds is 2. The number of hydrogen-bond acceptors (Lipinski definition) is 3. The molecule has 0 bridgehead atoms. The molecule has 4 heteroatoms. The van der Waals surface area contributed by atoms with E-state index in [0.717, 1.165) is 27.8 Å². The van der Waals surface area contributed by atoms with E-state index in [0.29, 0.717) is 10.7 Å². The molecule has 0 saturated carbocycles. The molecule has 0 atom stereocenters. The summed E-state index contributed by atoms with van der Waals surface area (Å²) < 4.78 is 5.18. The summed E-state index contributed by atoms with van der Waals surface area (Å²) in [5.74, 6) is 0.809. The van der Waals surface area contributed by atoms with Crippen molar-refractivity contribution in [2.24, 2.45) is 0 Å². The highest BCUT2D eigenvalue weighted by atomic mass is 35.5. The lowest BCUT2D eigenvalue weighted by molar-refractivity contribution is 0.415. The van der Waals surface area contributed by atoms with Crippen molar-refractivity contribution in [1.82, 2.24) is 4.98 Å². The summed E-state index contributed by atoms with van der Waals surface area (Å²) in [6.45, 7) is 0. The molecule has 0 unspecified atom stereocenters. The van der Waals surface area contributed by atoms with Gasteiger partial charge in [0.05, 0.1) is 24.5 Å². The Bertz CT molecular complexity index is 764. The molecule has 0 radical (unpaired) electrons. The van der Waals surface area contributed by atoms with Crippen LogP contribution in [-0.2, 0) is 0 Å². The van der Waals surface area contributed by atoms with Gasteiger partial charge in [-0.2, -0.15) is 0 Å². The number of nitrogens with zero attached hydrogens (tertiary/aromatic N) is 1. The average molecular weight is 285 g/mol. The normalized spacial score (nSPS) is 10.7. The number of nitrogen functional groups attached to an aromatic ring is 1. The van der Waals surface area contributed by atoms with Crippen LogP contribution in [0, 0.1) is 0 Å². The fourth-order valence-electron chi connectivity index (χ4n) is 2.26. The minimum absolute atomic E-state index is 0.630. The molecule has 20 heavy (non-hydrogen) atoms. The van der Waals surface area contributed by atoms with Gasteiger partial charge < -0.3 is 10.5 Å². The molecule has 0 saturated heterocycles. The van der Waals surface area contributed by atoms with Gasteiger partial charge in [0.1, 0.15) is 5.75 Å². The Morgan fingerprint density at radius 3 is 2.55 bits per heavy atom. The van der Waals surface area contributed by atoms with Gasteiger partial charge in [-0.3, -0.25) is 4.98 Å². The zero-order valence-corrected chi connectivity index (χ0v) is 11.7. The Morgan fingerprint density at radius 1 is 1.10 bits per heavy atom. The van der Waals surface area contributed by atoms with Crippen molar-refractivity contribution >= 4 is 28.2 Å². The van der Waals surface area contributed by atoms with E-state index in [1.807, 2.05) is 42.5 Å². The van der Waals surface area contributed by atoms with E-state index < -0.39 is 0 Å². The Hall–Kier alpha value is -2.26. The van der Waals surface area contributed by atoms with Crippen LogP contribution in [-0.4, -0.2) is 12.1 Å². The van der Waals surface area contributed by atoms with Crippen LogP contribution in [0.4, 0.5) is 5.69 Å². The molecule has 0 fully saturated rings. The van der Waals surface area contributed by atoms with Crippen LogP contribution in [0.1, 0.15) is 0 Å². The van der Waals surface area contributed by atoms with Gasteiger partial charge in [-0.15, -0.1) is 0 Å². The SMILES string of the molecule is COc1ccc(-c2c(N)cnc3ccc(Cl)cc23)cc1. The lowest BCUT2D eigenvalue weighted by atomic mass is 9.99. The van der Waals surface area contributed by atoms with Gasteiger partial charge in [-0.1, -0.05) is 23.7 Å². The number of pyridine rings is 1. The van der Waals surface area contributed by atoms with Crippen molar-refractivity contribution in [2.75, 3.05) is 12.8 Å². The smallest absolute Gasteiger partial charge is 0.118 e. The fraction of sp³-hybridized carbons (Fsp3) is 0.0625. The van der Waals surface area contributed by atoms with Gasteiger partial charge in [0.15, 0.2) is 0 Å². The van der Waals surface area contributed by atoms with Crippen molar-refractivity contribution in [3.05, 3.63) is 53.7 Å². The van der Waals surface area contributed by atoms with Crippen LogP contribution in [0.2, 0.25) is 5.02 Å². The third kappa shape index (κ3) is 2.17. The Labute approximate surface area is 122 Å². The predicted octanol–water partition coefficient (Wildman–Crippen LogP) is 4.15. The second kappa shape index (κ2) is 5.02. The number of aromatic nitrogens is 1. The van der Waals surface area contributed by atoms with Gasteiger partial charge in [0.25, 0.3) is 0 Å². The minimum atomic E-state index is 0.630. The first kappa shape index (κ1) is 12.8. The number of ether oxygens (including phenoxy) is 1. The highest BCUT2D eigenvalue weighted by molar-refractivity contribution is 6.31. The zero-order valence-electron chi connectivity index (χ0n) is 10.9. The van der Waals surface area contributed by atoms with Crippen LogP contribution in [0.25, 0.3) is 22.0 Å². The van der Waals surface area contributed by atoms with Crippen molar-refractivity contribution in [3.8, 4) is 16.9 Å². The Morgan fingerprint density at radius 2 is 1.85 bits per heavy atom. The molecule has 2 N–H and O–H groups in total. The molecule has 1 aromatic heterocycles. The van der Waals surface area contributed by atoms with Gasteiger partial charge in [0, 0.05) is 16.0 Å². The molecule has 100 valence electrons. The molecular formula is C16H13ClN2O. The minimum Gasteiger partial charge on any atom is -0.497 e. The highest BCUT2D eigenvalue weighted by Gasteiger charge is 2.10. The number of hydrogen-bond donors (Lipinski definition) is 1. The topological polar surface area (TPSA) is 48.1 Å². The molecule has 3 rings (SSSR count). The molecular weight excluding hydrogens is 272 g/mol. The Kier molecular flexibility index (Phi) is 3.20. The van der Waals surface area contributed by atoms with Crippen LogP contribution in [0.15, 0.2) is 48.7 Å². The monoisotopic (exact) mass is 284 g/mol. The molecule has 1 heterocycles. The maximum absolute atomic E-state index is 6.10. The van der Waals surface area contributed by atoms with Gasteiger partial charge in [0.2, 0.25) is 0 Å². The second-order valence-corrected chi connectivity index (χ2v) is 4.91. The van der Waals surface area contributed by atoms with E-state index in [1.165, 1.54) is 0 Å². The summed E-state index contributed by atoms with van der Waals surface area (Å²) in [6.07, 6.45) is 1.68. The number of fused-ring (bicyclic) bond motifs is 1. The van der Waals surface area contributed by atoms with E-state index >= 15 is 0 Å². The molecule has 2 aromatic carbocycles. The maximum Gasteiger partial charge on any atom is 0.118 e. The zero-order chi connectivity index (χ0) is 14.1. The van der Waals surface area contributed by atoms with Gasteiger partial charge in [-0.05, 0) is 35.9 Å². The van der Waals surface area contributed by atoms with E-state index in [4.69, 9.17) is 22.1 Å². The lowest BCUT2D eigenvalue weighted by Gasteiger charge is -2.10. The van der Waals surface area contributed by atoms with Crippen molar-refractivity contribution in [3.63, 3.8) is 0 Å². The number of anilines is 1. The quantitative estimate of drug-likeness (QED) is 0.769. The standard InChI is InChI=1S/C16H13ClN2O/c1-20-12-5-2-10(3-6-12)16-13-8-11(17)4-7-15(13)19-9-14(16)18/h2-9H,18H2,1H3. The third-order valence-corrected chi connectivity index (χ3v) is 3.47. The van der Waals surface area contributed by atoms with Crippen LogP contribution < -0.4 is 10.5 Å². The van der Waals surface area contributed by atoms with Gasteiger partial charge in [-0.25, -0.2) is 0 Å². The maximum atomic E-state index is 6.10. The summed E-state index contributed by atoms with van der Waals surface area (Å²) in [4.78, 5) is 4.33. The van der Waals surface area contributed by atoms with Crippen LogP contribution in [0.5, 0.6) is 5.75 Å². The van der Waals surface area contributed by atoms with Crippen LogP contribution in [0.3, 0.4) is 0 Å². The second-order valence-electron chi connectivity index (χ2n) is 4.48. The molecule has 0 aliphatic heterocycles. The molecule has 0 spiro atoms. The molecule has 0 aliphatic rings. The van der Waals surface area contributed by atoms with E-state index in [1.54, 1.807) is 13.3 Å². The van der Waals surface area contributed by atoms with Crippen molar-refractivity contribution in [2.45, 2.75) is 0 Å². The van der Waals surface area contributed by atoms with Crippen molar-refractivity contribution in [1.29, 1.82) is 0 Å². The van der Waals surface area contributed by atoms with Crippen LogP contribution >= 0.6 is 11.6 Å². The van der Waals surface area contributed by atoms with Crippen molar-refractivity contribution < 1.29 is 4.74 Å². The Balaban J connectivity index is 2.27. The summed E-state index contributed by atoms with van der Waals surface area (Å²) in [5, 5.41) is 1.61. The third-order valence-electron chi connectivity index (χ3n) is 3.24. The molecule has 3 nitrogen and oxygen atoms in total. The summed E-state index contributed by atoms with van der Waals surface area (Å²) in [7, 11) is 1.64. The predicted molar refractivity (Wildman–Crippen MR) is 83.2 cm³/mol. The summed E-state index contributed by atoms with van der Waals surface area (Å²) in [6, 6.07) is 13.4. The number of nitrogens with two attached hydrogens (primary N) is 1. The summed E-state index contributed by atoms with van der Waals surface area (Å²) in [5.41, 5.74) is 9.56. The molecule has 0 aliphatic carbocycles. The summed E-state index contributed by atoms with van der Waals surface area (Å²) >= 11 is 6.09. The lowest BCUT2D eigenvalue weighted by Crippen LogP contribution is -1.94. The molecule has 3 aromatic rings. The number of halogens is 1. The highest BCUT2D eigenvalue weighted by Crippen LogP contribution is 2.34. The molecule has 0 amide bonds. The largest absolute Gasteiger partial charge is 0.497 e. The fourth-order valence-corrected chi connectivity index (χ4v) is 2.43. The van der Waals surface area contributed by atoms with E-state index in [-0.39, 0.29) is 0 Å². The first-order valence-corrected chi connectivity index (χ1v) is 6.55. The first-order valence-electron chi connectivity index (χ1n) is 6.17. The average Bonchev–Trinajstić information content (AvgIpc) is 2.47. The number of benzene rings is 2. The van der Waals surface area contributed by atoms with E-state index in [9.17, 15) is 0 Å². The van der Waals surface area contributed by atoms with Gasteiger partial charge >= 0.3 is 0 Å². The first-order chi connectivity index (χ1) is 9.69. The van der Waals surface area contributed by atoms with E-state index in [2.05, 4.69) is 4.98 Å². The number of methoxy groups -OCH3 is 1.